The molecule has 0 aliphatic heterocycles. The number of fused-ring (bicyclic) bond motifs is 1. The lowest BCUT2D eigenvalue weighted by Gasteiger charge is -2.18. The van der Waals surface area contributed by atoms with Gasteiger partial charge in [0.15, 0.2) is 5.13 Å². The van der Waals surface area contributed by atoms with E-state index in [1.54, 1.807) is 47.2 Å². The lowest BCUT2D eigenvalue weighted by Crippen LogP contribution is -2.30. The minimum atomic E-state index is -0.146. The van der Waals surface area contributed by atoms with Crippen molar-refractivity contribution >= 4 is 56.0 Å². The van der Waals surface area contributed by atoms with E-state index in [1.165, 1.54) is 16.2 Å². The number of rotatable bonds is 5. The third-order valence-corrected chi connectivity index (χ3v) is 6.06. The summed E-state index contributed by atoms with van der Waals surface area (Å²) >= 11 is 9.13. The van der Waals surface area contributed by atoms with Gasteiger partial charge < -0.3 is 4.42 Å². The van der Waals surface area contributed by atoms with E-state index in [1.807, 2.05) is 30.5 Å². The topological polar surface area (TPSA) is 46.3 Å². The first-order chi connectivity index (χ1) is 13.1. The van der Waals surface area contributed by atoms with Crippen molar-refractivity contribution in [3.63, 3.8) is 0 Å². The maximum atomic E-state index is 13.2. The summed E-state index contributed by atoms with van der Waals surface area (Å²) in [5.41, 5.74) is 1.43. The van der Waals surface area contributed by atoms with Crippen LogP contribution in [0.3, 0.4) is 0 Å². The van der Waals surface area contributed by atoms with Crippen molar-refractivity contribution in [3.8, 4) is 0 Å². The Balaban J connectivity index is 1.75. The molecule has 0 saturated carbocycles. The van der Waals surface area contributed by atoms with Gasteiger partial charge in [-0.15, -0.1) is 11.8 Å². The quantitative estimate of drug-likeness (QED) is 0.369. The van der Waals surface area contributed by atoms with Gasteiger partial charge in [-0.2, -0.15) is 0 Å². The molecule has 0 aliphatic carbocycles. The van der Waals surface area contributed by atoms with Crippen molar-refractivity contribution in [3.05, 3.63) is 77.2 Å². The Kier molecular flexibility index (Phi) is 5.20. The van der Waals surface area contributed by atoms with Crippen LogP contribution in [0.4, 0.5) is 5.13 Å². The number of carbonyl (C=O) groups excluding carboxylic acids is 1. The number of hydrogen-bond acceptors (Lipinski definition) is 5. The van der Waals surface area contributed by atoms with Crippen molar-refractivity contribution in [1.82, 2.24) is 4.98 Å². The highest BCUT2D eigenvalue weighted by molar-refractivity contribution is 7.98. The molecule has 4 rings (SSSR count). The summed E-state index contributed by atoms with van der Waals surface area (Å²) in [4.78, 5) is 20.7. The molecule has 0 spiro atoms. The van der Waals surface area contributed by atoms with Gasteiger partial charge >= 0.3 is 0 Å². The molecule has 2 aromatic carbocycles. The Morgan fingerprint density at radius 3 is 2.74 bits per heavy atom. The molecule has 4 aromatic rings. The first-order valence-electron chi connectivity index (χ1n) is 8.18. The monoisotopic (exact) mass is 414 g/mol. The van der Waals surface area contributed by atoms with E-state index in [9.17, 15) is 4.79 Å². The van der Waals surface area contributed by atoms with Crippen LogP contribution in [0, 0.1) is 0 Å². The van der Waals surface area contributed by atoms with E-state index < -0.39 is 0 Å². The highest BCUT2D eigenvalue weighted by Crippen LogP contribution is 2.33. The van der Waals surface area contributed by atoms with Crippen molar-refractivity contribution in [2.75, 3.05) is 11.2 Å². The second kappa shape index (κ2) is 7.76. The van der Waals surface area contributed by atoms with Crippen LogP contribution in [-0.2, 0) is 6.54 Å². The van der Waals surface area contributed by atoms with E-state index in [2.05, 4.69) is 11.1 Å². The van der Waals surface area contributed by atoms with E-state index in [4.69, 9.17) is 16.0 Å². The molecular weight excluding hydrogens is 400 g/mol. The van der Waals surface area contributed by atoms with Crippen LogP contribution < -0.4 is 4.90 Å². The Bertz CT molecular complexity index is 1080. The molecule has 2 aromatic heterocycles. The number of hydrogen-bond donors (Lipinski definition) is 0. The Morgan fingerprint density at radius 2 is 2.04 bits per heavy atom. The van der Waals surface area contributed by atoms with Crippen molar-refractivity contribution in [2.24, 2.45) is 0 Å². The molecule has 0 fully saturated rings. The first-order valence-corrected chi connectivity index (χ1v) is 10.6. The van der Waals surface area contributed by atoms with Gasteiger partial charge in [0.25, 0.3) is 5.91 Å². The molecule has 0 saturated heterocycles. The Hall–Kier alpha value is -2.28. The van der Waals surface area contributed by atoms with Crippen LogP contribution in [0.1, 0.15) is 16.1 Å². The second-order valence-electron chi connectivity index (χ2n) is 5.81. The van der Waals surface area contributed by atoms with Crippen LogP contribution in [-0.4, -0.2) is 17.1 Å². The van der Waals surface area contributed by atoms with E-state index in [0.29, 0.717) is 28.0 Å². The number of furan rings is 1. The predicted molar refractivity (Wildman–Crippen MR) is 112 cm³/mol. The van der Waals surface area contributed by atoms with Gasteiger partial charge in [0.2, 0.25) is 0 Å². The Labute approximate surface area is 169 Å². The van der Waals surface area contributed by atoms with Gasteiger partial charge in [0.05, 0.1) is 23.0 Å². The number of thioether (sulfide) groups is 1. The van der Waals surface area contributed by atoms with E-state index >= 15 is 0 Å². The molecule has 4 nitrogen and oxygen atoms in total. The Morgan fingerprint density at radius 1 is 1.22 bits per heavy atom. The predicted octanol–water partition coefficient (Wildman–Crippen LogP) is 6.11. The smallest absolute Gasteiger partial charge is 0.260 e. The van der Waals surface area contributed by atoms with Crippen LogP contribution in [0.15, 0.2) is 70.2 Å². The van der Waals surface area contributed by atoms with Gasteiger partial charge in [0, 0.05) is 15.5 Å². The third kappa shape index (κ3) is 3.88. The first kappa shape index (κ1) is 18.1. The maximum Gasteiger partial charge on any atom is 0.260 e. The maximum absolute atomic E-state index is 13.2. The summed E-state index contributed by atoms with van der Waals surface area (Å²) in [5.74, 6) is 0.550. The van der Waals surface area contributed by atoms with Gasteiger partial charge in [-0.25, -0.2) is 4.98 Å². The number of halogens is 1. The minimum Gasteiger partial charge on any atom is -0.467 e. The molecule has 27 heavy (non-hydrogen) atoms. The fourth-order valence-corrected chi connectivity index (χ4v) is 4.31. The highest BCUT2D eigenvalue weighted by Gasteiger charge is 2.22. The minimum absolute atomic E-state index is 0.146. The molecule has 136 valence electrons. The fraction of sp³-hybridized carbons (Fsp3) is 0.100. The van der Waals surface area contributed by atoms with Gasteiger partial charge in [0.1, 0.15) is 5.76 Å². The molecule has 0 unspecified atom stereocenters. The second-order valence-corrected chi connectivity index (χ2v) is 8.13. The summed E-state index contributed by atoms with van der Waals surface area (Å²) in [6, 6.07) is 16.6. The van der Waals surface area contributed by atoms with Crippen LogP contribution in [0.5, 0.6) is 0 Å². The fourth-order valence-electron chi connectivity index (χ4n) is 2.67. The van der Waals surface area contributed by atoms with Crippen molar-refractivity contribution in [2.45, 2.75) is 11.4 Å². The molecular formula is C20H15ClN2O2S2. The molecule has 2 heterocycles. The zero-order valence-electron chi connectivity index (χ0n) is 14.4. The lowest BCUT2D eigenvalue weighted by atomic mass is 10.2. The summed E-state index contributed by atoms with van der Waals surface area (Å²) in [5, 5.41) is 1.23. The van der Waals surface area contributed by atoms with Gasteiger partial charge in [-0.05, 0) is 60.9 Å². The highest BCUT2D eigenvalue weighted by atomic mass is 35.5. The summed E-state index contributed by atoms with van der Waals surface area (Å²) in [7, 11) is 0. The zero-order valence-corrected chi connectivity index (χ0v) is 16.8. The summed E-state index contributed by atoms with van der Waals surface area (Å²) in [6.07, 6.45) is 3.64. The van der Waals surface area contributed by atoms with Crippen molar-refractivity contribution < 1.29 is 9.21 Å². The third-order valence-electron chi connectivity index (χ3n) is 4.05. The zero-order chi connectivity index (χ0) is 18.8. The lowest BCUT2D eigenvalue weighted by molar-refractivity contribution is 0.0983. The molecule has 0 bridgehead atoms. The number of benzene rings is 2. The molecule has 0 radical (unpaired) electrons. The number of anilines is 1. The molecule has 0 N–H and O–H groups in total. The average molecular weight is 415 g/mol. The largest absolute Gasteiger partial charge is 0.467 e. The molecule has 0 atom stereocenters. The molecule has 7 heteroatoms. The summed E-state index contributed by atoms with van der Waals surface area (Å²) < 4.78 is 6.51. The van der Waals surface area contributed by atoms with E-state index in [0.717, 1.165) is 10.2 Å². The van der Waals surface area contributed by atoms with E-state index in [-0.39, 0.29) is 5.91 Å². The van der Waals surface area contributed by atoms with Crippen LogP contribution in [0.2, 0.25) is 5.02 Å². The SMILES string of the molecule is CSc1ccc2nc(N(Cc3ccco3)C(=O)c3ccc(Cl)cc3)sc2c1. The summed E-state index contributed by atoms with van der Waals surface area (Å²) in [6.45, 7) is 0.309. The van der Waals surface area contributed by atoms with Gasteiger partial charge in [-0.1, -0.05) is 22.9 Å². The van der Waals surface area contributed by atoms with Gasteiger partial charge in [-0.3, -0.25) is 9.69 Å². The number of thiazole rings is 1. The molecule has 0 aliphatic rings. The van der Waals surface area contributed by atoms with Crippen molar-refractivity contribution in [1.29, 1.82) is 0 Å². The number of aromatic nitrogens is 1. The number of carbonyl (C=O) groups is 1. The van der Waals surface area contributed by atoms with Crippen LogP contribution >= 0.6 is 34.7 Å². The number of nitrogens with zero attached hydrogens (tertiary/aromatic N) is 2. The number of amides is 1. The average Bonchev–Trinajstić information content (AvgIpc) is 3.34. The normalized spacial score (nSPS) is 11.0. The molecule has 1 amide bonds. The van der Waals surface area contributed by atoms with Crippen LogP contribution in [0.25, 0.3) is 10.2 Å². The standard InChI is InChI=1S/C20H15ClN2O2S2/c1-26-16-8-9-17-18(11-16)27-20(22-17)23(12-15-3-2-10-25-15)19(24)13-4-6-14(21)7-5-13/h2-11H,12H2,1H3.